The maximum atomic E-state index is 13.3. The van der Waals surface area contributed by atoms with Crippen LogP contribution in [-0.2, 0) is 25.5 Å². The largest absolute Gasteiger partial charge is 0.417 e. The number of amides is 3. The smallest absolute Gasteiger partial charge is 0.377 e. The number of rotatable bonds is 4. The van der Waals surface area contributed by atoms with Gasteiger partial charge in [-0.25, -0.2) is 13.2 Å². The Bertz CT molecular complexity index is 1110. The molecule has 0 saturated carbocycles. The van der Waals surface area contributed by atoms with E-state index in [4.69, 9.17) is 16.3 Å². The maximum absolute atomic E-state index is 13.3. The van der Waals surface area contributed by atoms with E-state index >= 15 is 0 Å². The topological polar surface area (TPSA) is 99.3 Å². The Morgan fingerprint density at radius 2 is 1.92 bits per heavy atom. The molecule has 3 unspecified atom stereocenters. The van der Waals surface area contributed by atoms with Crippen molar-refractivity contribution in [1.29, 1.82) is 0 Å². The van der Waals surface area contributed by atoms with E-state index in [1.54, 1.807) is 11.8 Å². The van der Waals surface area contributed by atoms with Crippen LogP contribution in [0.4, 0.5) is 23.7 Å². The molecular formula is C22H28ClF3N4O5S. The lowest BCUT2D eigenvalue weighted by Gasteiger charge is -2.50. The predicted molar refractivity (Wildman–Crippen MR) is 127 cm³/mol. The number of hydrogen-bond acceptors (Lipinski definition) is 6. The number of fused-ring (bicyclic) bond motifs is 1. The third-order valence-corrected chi connectivity index (χ3v) is 8.82. The fourth-order valence-corrected chi connectivity index (χ4v) is 6.40. The number of halogens is 4. The van der Waals surface area contributed by atoms with Crippen molar-refractivity contribution in [3.8, 4) is 0 Å². The molecule has 1 aromatic carbocycles. The summed E-state index contributed by atoms with van der Waals surface area (Å²) in [7, 11) is -2.97. The minimum atomic E-state index is -4.61. The Morgan fingerprint density at radius 3 is 2.56 bits per heavy atom. The van der Waals surface area contributed by atoms with Gasteiger partial charge in [0, 0.05) is 31.9 Å². The number of alkyl halides is 3. The van der Waals surface area contributed by atoms with Gasteiger partial charge in [-0.15, -0.1) is 0 Å². The van der Waals surface area contributed by atoms with Crippen LogP contribution in [0.15, 0.2) is 18.2 Å². The van der Waals surface area contributed by atoms with Crippen molar-refractivity contribution in [2.75, 3.05) is 56.2 Å². The molecule has 0 bridgehead atoms. The highest BCUT2D eigenvalue weighted by molar-refractivity contribution is 7.91. The van der Waals surface area contributed by atoms with E-state index in [1.807, 2.05) is 0 Å². The molecule has 200 valence electrons. The lowest BCUT2D eigenvalue weighted by atomic mass is 10.0. The highest BCUT2D eigenvalue weighted by Crippen LogP contribution is 2.36. The van der Waals surface area contributed by atoms with Gasteiger partial charge in [-0.3, -0.25) is 4.79 Å². The zero-order chi connectivity index (χ0) is 26.3. The van der Waals surface area contributed by atoms with Crippen LogP contribution in [0.1, 0.15) is 18.9 Å². The predicted octanol–water partition coefficient (Wildman–Crippen LogP) is 2.31. The summed E-state index contributed by atoms with van der Waals surface area (Å²) in [6.45, 7) is 3.99. The molecule has 9 nitrogen and oxygen atoms in total. The summed E-state index contributed by atoms with van der Waals surface area (Å²) >= 11 is 5.75. The van der Waals surface area contributed by atoms with Crippen LogP contribution in [0.25, 0.3) is 0 Å². The van der Waals surface area contributed by atoms with Gasteiger partial charge in [-0.05, 0) is 31.5 Å². The monoisotopic (exact) mass is 552 g/mol. The van der Waals surface area contributed by atoms with Crippen molar-refractivity contribution in [2.45, 2.75) is 37.6 Å². The van der Waals surface area contributed by atoms with Crippen molar-refractivity contribution in [1.82, 2.24) is 14.7 Å². The lowest BCUT2D eigenvalue weighted by Crippen LogP contribution is -2.68. The summed E-state index contributed by atoms with van der Waals surface area (Å²) in [4.78, 5) is 31.4. The first kappa shape index (κ1) is 27.0. The second-order valence-corrected chi connectivity index (χ2v) is 12.0. The summed E-state index contributed by atoms with van der Waals surface area (Å²) in [5, 5.41) is 1.99. The zero-order valence-corrected chi connectivity index (χ0v) is 21.2. The molecule has 0 spiro atoms. The van der Waals surface area contributed by atoms with Gasteiger partial charge in [0.05, 0.1) is 47.4 Å². The quantitative estimate of drug-likeness (QED) is 0.615. The van der Waals surface area contributed by atoms with Gasteiger partial charge >= 0.3 is 12.2 Å². The molecule has 0 aromatic heterocycles. The molecule has 3 aliphatic heterocycles. The number of nitrogens with zero attached hydrogens (tertiary/aromatic N) is 3. The summed E-state index contributed by atoms with van der Waals surface area (Å²) in [6.07, 6.45) is -3.99. The molecule has 3 aliphatic rings. The first-order valence-electron chi connectivity index (χ1n) is 11.6. The number of nitrogens with one attached hydrogen (secondary N) is 1. The Labute approximate surface area is 212 Å². The molecule has 1 N–H and O–H groups in total. The molecular weight excluding hydrogens is 525 g/mol. The van der Waals surface area contributed by atoms with Crippen LogP contribution in [0.2, 0.25) is 5.02 Å². The van der Waals surface area contributed by atoms with E-state index in [1.165, 1.54) is 4.90 Å². The van der Waals surface area contributed by atoms with Crippen molar-refractivity contribution in [3.63, 3.8) is 0 Å². The van der Waals surface area contributed by atoms with Gasteiger partial charge in [0.15, 0.2) is 9.84 Å². The first-order chi connectivity index (χ1) is 16.9. The number of morpholine rings is 1. The molecule has 3 fully saturated rings. The molecule has 3 amide bonds. The third-order valence-electron chi connectivity index (χ3n) is 6.90. The minimum Gasteiger partial charge on any atom is -0.377 e. The zero-order valence-electron chi connectivity index (χ0n) is 19.6. The molecule has 1 aromatic rings. The van der Waals surface area contributed by atoms with Gasteiger partial charge < -0.3 is 24.8 Å². The second-order valence-electron chi connectivity index (χ2n) is 9.32. The molecule has 0 aliphatic carbocycles. The summed E-state index contributed by atoms with van der Waals surface area (Å²) < 4.78 is 67.9. The van der Waals surface area contributed by atoms with Crippen LogP contribution in [0, 0.1) is 0 Å². The van der Waals surface area contributed by atoms with E-state index in [0.717, 1.165) is 18.2 Å². The van der Waals surface area contributed by atoms with E-state index in [-0.39, 0.29) is 48.3 Å². The van der Waals surface area contributed by atoms with Crippen LogP contribution in [-0.4, -0.2) is 104 Å². The molecule has 3 heterocycles. The highest BCUT2D eigenvalue weighted by Gasteiger charge is 2.45. The number of urea groups is 1. The molecule has 36 heavy (non-hydrogen) atoms. The van der Waals surface area contributed by atoms with Crippen LogP contribution >= 0.6 is 11.6 Å². The minimum absolute atomic E-state index is 0.0846. The average molecular weight is 553 g/mol. The third kappa shape index (κ3) is 5.90. The van der Waals surface area contributed by atoms with Crippen LogP contribution in [0.3, 0.4) is 0 Å². The van der Waals surface area contributed by atoms with Crippen molar-refractivity contribution < 1.29 is 35.9 Å². The first-order valence-corrected chi connectivity index (χ1v) is 13.8. The second kappa shape index (κ2) is 10.3. The SMILES string of the molecule is CC1C(=O)N2C(CCN3CCS(=O)(=O)CC3)COCC2CN1C(=O)Nc1ccc(C(F)(F)F)c(Cl)c1. The number of carbonyl (C=O) groups is 2. The van der Waals surface area contributed by atoms with E-state index in [0.29, 0.717) is 32.7 Å². The van der Waals surface area contributed by atoms with Crippen LogP contribution in [0.5, 0.6) is 0 Å². The highest BCUT2D eigenvalue weighted by atomic mass is 35.5. The summed E-state index contributed by atoms with van der Waals surface area (Å²) in [6, 6.07) is 0.960. The molecule has 14 heteroatoms. The molecule has 3 saturated heterocycles. The number of sulfone groups is 1. The maximum Gasteiger partial charge on any atom is 0.417 e. The molecule has 0 radical (unpaired) electrons. The van der Waals surface area contributed by atoms with Gasteiger partial charge in [-0.1, -0.05) is 11.6 Å². The van der Waals surface area contributed by atoms with Crippen molar-refractivity contribution >= 4 is 39.1 Å². The van der Waals surface area contributed by atoms with E-state index in [9.17, 15) is 31.2 Å². The number of hydrogen-bond donors (Lipinski definition) is 1. The molecule has 3 atom stereocenters. The molecule has 4 rings (SSSR count). The number of benzene rings is 1. The Balaban J connectivity index is 1.38. The lowest BCUT2D eigenvalue weighted by molar-refractivity contribution is -0.159. The summed E-state index contributed by atoms with van der Waals surface area (Å²) in [5.74, 6) is 0.0245. The summed E-state index contributed by atoms with van der Waals surface area (Å²) in [5.41, 5.74) is -0.919. The van der Waals surface area contributed by atoms with E-state index < -0.39 is 38.7 Å². The number of anilines is 1. The van der Waals surface area contributed by atoms with Crippen LogP contribution < -0.4 is 5.32 Å². The number of piperazine rings is 1. The fourth-order valence-electron chi connectivity index (χ4n) is 4.84. The van der Waals surface area contributed by atoms with E-state index in [2.05, 4.69) is 10.2 Å². The normalized spacial score (nSPS) is 27.0. The van der Waals surface area contributed by atoms with Gasteiger partial charge in [0.1, 0.15) is 6.04 Å². The standard InChI is InChI=1S/C22H28ClF3N4O5S/c1-14-20(31)30-16(4-5-28-6-8-36(33,34)9-7-28)12-35-13-17(30)11-29(14)21(32)27-15-2-3-18(19(23)10-15)22(24,25)26/h2-3,10,14,16-17H,4-9,11-13H2,1H3,(H,27,32). The average Bonchev–Trinajstić information content (AvgIpc) is 2.79. The van der Waals surface area contributed by atoms with Gasteiger partial charge in [0.25, 0.3) is 0 Å². The Morgan fingerprint density at radius 1 is 1.22 bits per heavy atom. The Kier molecular flexibility index (Phi) is 7.75. The number of carbonyl (C=O) groups excluding carboxylic acids is 2. The van der Waals surface area contributed by atoms with Gasteiger partial charge in [0.2, 0.25) is 5.91 Å². The van der Waals surface area contributed by atoms with Gasteiger partial charge in [-0.2, -0.15) is 13.2 Å². The Hall–Kier alpha value is -2.09. The number of ether oxygens (including phenoxy) is 1. The fraction of sp³-hybridized carbons (Fsp3) is 0.636. The van der Waals surface area contributed by atoms with Crippen molar-refractivity contribution in [3.05, 3.63) is 28.8 Å². The van der Waals surface area contributed by atoms with Crippen molar-refractivity contribution in [2.24, 2.45) is 0 Å².